The fourth-order valence-electron chi connectivity index (χ4n) is 2.25. The first kappa shape index (κ1) is 13.6. The fourth-order valence-corrected chi connectivity index (χ4v) is 2.25. The molecule has 0 aliphatic carbocycles. The molecule has 2 unspecified atom stereocenters. The molecule has 1 heterocycles. The van der Waals surface area contributed by atoms with Crippen LogP contribution in [0.4, 0.5) is 9.18 Å². The summed E-state index contributed by atoms with van der Waals surface area (Å²) in [4.78, 5) is 13.4. The molecule has 5 nitrogen and oxygen atoms in total. The molecule has 2 rings (SSSR count). The Morgan fingerprint density at radius 2 is 2.37 bits per heavy atom. The van der Waals surface area contributed by atoms with Crippen LogP contribution < -0.4 is 15.8 Å². The van der Waals surface area contributed by atoms with Crippen LogP contribution in [0.15, 0.2) is 18.2 Å². The number of nitrogens with two attached hydrogens (primary N) is 1. The highest BCUT2D eigenvalue weighted by molar-refractivity contribution is 5.77. The van der Waals surface area contributed by atoms with E-state index in [1.807, 2.05) is 6.92 Å². The average molecular weight is 267 g/mol. The molecule has 2 atom stereocenters. The largest absolute Gasteiger partial charge is 0.496 e. The van der Waals surface area contributed by atoms with E-state index in [9.17, 15) is 9.18 Å². The van der Waals surface area contributed by atoms with E-state index < -0.39 is 0 Å². The van der Waals surface area contributed by atoms with Crippen molar-refractivity contribution < 1.29 is 13.9 Å². The normalized spacial score (nSPS) is 20.3. The van der Waals surface area contributed by atoms with Crippen LogP contribution in [0.1, 0.15) is 18.5 Å². The molecule has 1 aromatic carbocycles. The lowest BCUT2D eigenvalue weighted by atomic mass is 10.1. The topological polar surface area (TPSA) is 67.6 Å². The van der Waals surface area contributed by atoms with Gasteiger partial charge in [0.05, 0.1) is 13.2 Å². The molecule has 0 saturated carbocycles. The Bertz CT molecular complexity index is 479. The molecule has 3 N–H and O–H groups in total. The number of ether oxygens (including phenoxy) is 1. The van der Waals surface area contributed by atoms with E-state index in [2.05, 4.69) is 5.32 Å². The standard InChI is InChI=1S/C13H18FN3O2/c1-8(15)6-17-7-11(16-13(17)18)10-5-9(14)3-4-12(10)19-2/h3-5,8,11H,6-7,15H2,1-2H3,(H,16,18). The minimum atomic E-state index is -0.351. The zero-order chi connectivity index (χ0) is 14.0. The smallest absolute Gasteiger partial charge is 0.318 e. The second-order valence-corrected chi connectivity index (χ2v) is 4.77. The van der Waals surface area contributed by atoms with E-state index in [-0.39, 0.29) is 23.9 Å². The first-order chi connectivity index (χ1) is 9.01. The Labute approximate surface area is 111 Å². The average Bonchev–Trinajstić information content (AvgIpc) is 2.70. The third kappa shape index (κ3) is 2.96. The summed E-state index contributed by atoms with van der Waals surface area (Å²) in [5.74, 6) is 0.213. The number of amides is 2. The third-order valence-corrected chi connectivity index (χ3v) is 3.06. The Balaban J connectivity index is 2.20. The van der Waals surface area contributed by atoms with Crippen LogP contribution in [0.5, 0.6) is 5.75 Å². The van der Waals surface area contributed by atoms with E-state index in [0.29, 0.717) is 24.4 Å². The molecule has 6 heteroatoms. The molecule has 1 saturated heterocycles. The minimum Gasteiger partial charge on any atom is -0.496 e. The number of hydrogen-bond acceptors (Lipinski definition) is 3. The van der Waals surface area contributed by atoms with Gasteiger partial charge in [0.1, 0.15) is 11.6 Å². The molecule has 2 amide bonds. The zero-order valence-corrected chi connectivity index (χ0v) is 11.0. The number of urea groups is 1. The van der Waals surface area contributed by atoms with E-state index in [1.54, 1.807) is 11.0 Å². The van der Waals surface area contributed by atoms with Crippen LogP contribution in [-0.4, -0.2) is 37.2 Å². The van der Waals surface area contributed by atoms with Crippen molar-refractivity contribution in [2.24, 2.45) is 5.73 Å². The number of hydrogen-bond donors (Lipinski definition) is 2. The van der Waals surface area contributed by atoms with Crippen molar-refractivity contribution in [2.75, 3.05) is 20.2 Å². The molecule has 1 aliphatic rings. The first-order valence-corrected chi connectivity index (χ1v) is 6.15. The van der Waals surface area contributed by atoms with Crippen molar-refractivity contribution in [3.63, 3.8) is 0 Å². The lowest BCUT2D eigenvalue weighted by Crippen LogP contribution is -2.37. The Hall–Kier alpha value is -1.82. The summed E-state index contributed by atoms with van der Waals surface area (Å²) < 4.78 is 18.5. The van der Waals surface area contributed by atoms with Crippen molar-refractivity contribution >= 4 is 6.03 Å². The van der Waals surface area contributed by atoms with E-state index in [0.717, 1.165) is 0 Å². The van der Waals surface area contributed by atoms with E-state index in [1.165, 1.54) is 19.2 Å². The van der Waals surface area contributed by atoms with Gasteiger partial charge in [-0.2, -0.15) is 0 Å². The van der Waals surface area contributed by atoms with Gasteiger partial charge in [0.15, 0.2) is 0 Å². The molecule has 0 aromatic heterocycles. The maximum absolute atomic E-state index is 13.3. The van der Waals surface area contributed by atoms with Crippen molar-refractivity contribution in [3.8, 4) is 5.75 Å². The van der Waals surface area contributed by atoms with Gasteiger partial charge >= 0.3 is 6.03 Å². The molecule has 0 radical (unpaired) electrons. The van der Waals surface area contributed by atoms with Crippen LogP contribution >= 0.6 is 0 Å². The summed E-state index contributed by atoms with van der Waals surface area (Å²) in [5.41, 5.74) is 6.33. The number of nitrogens with zero attached hydrogens (tertiary/aromatic N) is 1. The summed E-state index contributed by atoms with van der Waals surface area (Å²) >= 11 is 0. The highest BCUT2D eigenvalue weighted by Gasteiger charge is 2.31. The second-order valence-electron chi connectivity index (χ2n) is 4.77. The molecule has 19 heavy (non-hydrogen) atoms. The van der Waals surface area contributed by atoms with Crippen LogP contribution in [0.25, 0.3) is 0 Å². The van der Waals surface area contributed by atoms with Gasteiger partial charge in [-0.15, -0.1) is 0 Å². The maximum Gasteiger partial charge on any atom is 0.318 e. The number of benzene rings is 1. The van der Waals surface area contributed by atoms with Crippen molar-refractivity contribution in [3.05, 3.63) is 29.6 Å². The number of carbonyl (C=O) groups is 1. The minimum absolute atomic E-state index is 0.0982. The highest BCUT2D eigenvalue weighted by atomic mass is 19.1. The van der Waals surface area contributed by atoms with Gasteiger partial charge in [-0.3, -0.25) is 0 Å². The summed E-state index contributed by atoms with van der Waals surface area (Å²) in [7, 11) is 1.52. The number of rotatable bonds is 4. The molecular weight excluding hydrogens is 249 g/mol. The lowest BCUT2D eigenvalue weighted by molar-refractivity contribution is 0.215. The van der Waals surface area contributed by atoms with Gasteiger partial charge in [-0.25, -0.2) is 9.18 Å². The van der Waals surface area contributed by atoms with Gasteiger partial charge in [-0.05, 0) is 25.1 Å². The van der Waals surface area contributed by atoms with Crippen LogP contribution in [0, 0.1) is 5.82 Å². The molecule has 1 fully saturated rings. The van der Waals surface area contributed by atoms with Gasteiger partial charge in [-0.1, -0.05) is 0 Å². The Morgan fingerprint density at radius 1 is 1.63 bits per heavy atom. The van der Waals surface area contributed by atoms with E-state index in [4.69, 9.17) is 10.5 Å². The summed E-state index contributed by atoms with van der Waals surface area (Å²) in [6.07, 6.45) is 0. The maximum atomic E-state index is 13.3. The monoisotopic (exact) mass is 267 g/mol. The quantitative estimate of drug-likeness (QED) is 0.862. The molecular formula is C13H18FN3O2. The molecule has 1 aliphatic heterocycles. The SMILES string of the molecule is COc1ccc(F)cc1C1CN(CC(C)N)C(=O)N1. The van der Waals surface area contributed by atoms with Crippen molar-refractivity contribution in [1.29, 1.82) is 0 Å². The van der Waals surface area contributed by atoms with Crippen molar-refractivity contribution in [2.45, 2.75) is 19.0 Å². The second kappa shape index (κ2) is 5.44. The summed E-state index contributed by atoms with van der Waals surface area (Å²) in [6.45, 7) is 2.77. The number of nitrogens with one attached hydrogen (secondary N) is 1. The molecule has 0 spiro atoms. The number of carbonyl (C=O) groups excluding carboxylic acids is 1. The number of halogens is 1. The van der Waals surface area contributed by atoms with E-state index >= 15 is 0 Å². The van der Waals surface area contributed by atoms with Gasteiger partial charge in [0.25, 0.3) is 0 Å². The molecule has 0 bridgehead atoms. The third-order valence-electron chi connectivity index (χ3n) is 3.06. The van der Waals surface area contributed by atoms with Gasteiger partial charge in [0, 0.05) is 24.7 Å². The van der Waals surface area contributed by atoms with Gasteiger partial charge in [0.2, 0.25) is 0 Å². The van der Waals surface area contributed by atoms with Crippen LogP contribution in [0.2, 0.25) is 0 Å². The Kier molecular flexibility index (Phi) is 3.90. The Morgan fingerprint density at radius 3 is 3.00 bits per heavy atom. The molecule has 104 valence electrons. The highest BCUT2D eigenvalue weighted by Crippen LogP contribution is 2.29. The molecule has 1 aromatic rings. The van der Waals surface area contributed by atoms with Gasteiger partial charge < -0.3 is 20.7 Å². The van der Waals surface area contributed by atoms with Crippen LogP contribution in [0.3, 0.4) is 0 Å². The predicted molar refractivity (Wildman–Crippen MR) is 69.4 cm³/mol. The fraction of sp³-hybridized carbons (Fsp3) is 0.462. The van der Waals surface area contributed by atoms with Crippen LogP contribution in [-0.2, 0) is 0 Å². The summed E-state index contributed by atoms with van der Waals surface area (Å²) in [5, 5.41) is 2.81. The first-order valence-electron chi connectivity index (χ1n) is 6.15. The summed E-state index contributed by atoms with van der Waals surface area (Å²) in [6, 6.07) is 3.72. The lowest BCUT2D eigenvalue weighted by Gasteiger charge is -2.17. The van der Waals surface area contributed by atoms with Crippen molar-refractivity contribution in [1.82, 2.24) is 10.2 Å². The predicted octanol–water partition coefficient (Wildman–Crippen LogP) is 1.25. The zero-order valence-electron chi connectivity index (χ0n) is 11.0. The number of methoxy groups -OCH3 is 1.